The second-order valence-electron chi connectivity index (χ2n) is 3.93. The summed E-state index contributed by atoms with van der Waals surface area (Å²) >= 11 is 0. The van der Waals surface area contributed by atoms with E-state index in [1.165, 1.54) is 16.7 Å². The molecule has 2 aliphatic rings. The normalized spacial score (nSPS) is 19.8. The molecule has 17 heavy (non-hydrogen) atoms. The zero-order valence-electron chi connectivity index (χ0n) is 10.6. The monoisotopic (exact) mass is 226 g/mol. The third-order valence-electron chi connectivity index (χ3n) is 2.87. The molecule has 0 saturated heterocycles. The lowest BCUT2D eigenvalue weighted by Crippen LogP contribution is -2.18. The highest BCUT2D eigenvalue weighted by Gasteiger charge is 2.20. The van der Waals surface area contributed by atoms with Gasteiger partial charge in [-0.25, -0.2) is 0 Å². The van der Waals surface area contributed by atoms with Gasteiger partial charge in [-0.3, -0.25) is 0 Å². The van der Waals surface area contributed by atoms with Crippen molar-refractivity contribution in [2.75, 3.05) is 0 Å². The first-order valence-corrected chi connectivity index (χ1v) is 6.17. The average molecular weight is 226 g/mol. The summed E-state index contributed by atoms with van der Waals surface area (Å²) in [6, 6.07) is 8.19. The Labute approximate surface area is 103 Å². The highest BCUT2D eigenvalue weighted by atomic mass is 16.5. The molecule has 1 aromatic carbocycles. The van der Waals surface area contributed by atoms with Crippen LogP contribution in [0.5, 0.6) is 5.75 Å². The SMILES string of the molecule is CC.CC1=CC=CC2=CC1Oc1ccccc12. The molecular weight excluding hydrogens is 208 g/mol. The van der Waals surface area contributed by atoms with Crippen LogP contribution in [-0.4, -0.2) is 6.10 Å². The van der Waals surface area contributed by atoms with Gasteiger partial charge in [0, 0.05) is 5.56 Å². The molecule has 1 heterocycles. The molecule has 1 heteroatoms. The van der Waals surface area contributed by atoms with E-state index in [0.29, 0.717) is 0 Å². The van der Waals surface area contributed by atoms with Gasteiger partial charge in [-0.1, -0.05) is 50.3 Å². The zero-order valence-corrected chi connectivity index (χ0v) is 10.6. The number of ether oxygens (including phenoxy) is 1. The van der Waals surface area contributed by atoms with Crippen LogP contribution in [0.4, 0.5) is 0 Å². The Morgan fingerprint density at radius 2 is 1.88 bits per heavy atom. The fourth-order valence-corrected chi connectivity index (χ4v) is 2.00. The highest BCUT2D eigenvalue weighted by Crippen LogP contribution is 2.35. The summed E-state index contributed by atoms with van der Waals surface area (Å²) < 4.78 is 5.91. The lowest BCUT2D eigenvalue weighted by Gasteiger charge is -2.23. The van der Waals surface area contributed by atoms with Crippen molar-refractivity contribution in [2.24, 2.45) is 0 Å². The fraction of sp³-hybridized carbons (Fsp3) is 0.250. The van der Waals surface area contributed by atoms with Crippen LogP contribution in [0.3, 0.4) is 0 Å². The van der Waals surface area contributed by atoms with Crippen molar-refractivity contribution in [1.82, 2.24) is 0 Å². The largest absolute Gasteiger partial charge is 0.481 e. The number of hydrogen-bond donors (Lipinski definition) is 0. The highest BCUT2D eigenvalue weighted by molar-refractivity contribution is 5.80. The van der Waals surface area contributed by atoms with Crippen molar-refractivity contribution in [1.29, 1.82) is 0 Å². The molecule has 3 rings (SSSR count). The van der Waals surface area contributed by atoms with E-state index in [4.69, 9.17) is 4.74 Å². The predicted molar refractivity (Wildman–Crippen MR) is 73.1 cm³/mol. The molecule has 1 aliphatic carbocycles. The molecule has 0 N–H and O–H groups in total. The first-order valence-electron chi connectivity index (χ1n) is 6.17. The van der Waals surface area contributed by atoms with Gasteiger partial charge in [-0.15, -0.1) is 0 Å². The minimum Gasteiger partial charge on any atom is -0.481 e. The van der Waals surface area contributed by atoms with E-state index < -0.39 is 0 Å². The van der Waals surface area contributed by atoms with Gasteiger partial charge < -0.3 is 4.74 Å². The van der Waals surface area contributed by atoms with Crippen molar-refractivity contribution < 1.29 is 4.74 Å². The Kier molecular flexibility index (Phi) is 3.48. The van der Waals surface area contributed by atoms with Crippen LogP contribution in [0, 0.1) is 0 Å². The molecule has 0 radical (unpaired) electrons. The fourth-order valence-electron chi connectivity index (χ4n) is 2.00. The van der Waals surface area contributed by atoms with E-state index in [1.54, 1.807) is 0 Å². The summed E-state index contributed by atoms with van der Waals surface area (Å²) in [4.78, 5) is 0. The Morgan fingerprint density at radius 3 is 2.71 bits per heavy atom. The van der Waals surface area contributed by atoms with Crippen LogP contribution in [-0.2, 0) is 0 Å². The Balaban J connectivity index is 0.000000514. The maximum absolute atomic E-state index is 5.91. The van der Waals surface area contributed by atoms with Crippen LogP contribution in [0.2, 0.25) is 0 Å². The first kappa shape index (κ1) is 11.7. The minimum atomic E-state index is 0.102. The average Bonchev–Trinajstić information content (AvgIpc) is 2.53. The maximum atomic E-state index is 5.91. The molecular formula is C16H18O. The van der Waals surface area contributed by atoms with Gasteiger partial charge in [-0.2, -0.15) is 0 Å². The van der Waals surface area contributed by atoms with E-state index in [9.17, 15) is 0 Å². The molecule has 1 atom stereocenters. The van der Waals surface area contributed by atoms with Crippen LogP contribution < -0.4 is 4.74 Å². The molecule has 0 fully saturated rings. The zero-order chi connectivity index (χ0) is 12.3. The molecule has 1 nitrogen and oxygen atoms in total. The third kappa shape index (κ3) is 2.19. The number of allylic oxidation sites excluding steroid dienone is 4. The van der Waals surface area contributed by atoms with Gasteiger partial charge in [0.25, 0.3) is 0 Å². The van der Waals surface area contributed by atoms with Crippen molar-refractivity contribution >= 4 is 5.57 Å². The van der Waals surface area contributed by atoms with E-state index in [1.807, 2.05) is 32.0 Å². The number of benzene rings is 1. The topological polar surface area (TPSA) is 9.23 Å². The van der Waals surface area contributed by atoms with Crippen molar-refractivity contribution in [2.45, 2.75) is 26.9 Å². The first-order chi connectivity index (χ1) is 8.34. The van der Waals surface area contributed by atoms with Crippen LogP contribution in [0.15, 0.2) is 54.1 Å². The molecule has 0 aromatic heterocycles. The van der Waals surface area contributed by atoms with Crippen molar-refractivity contribution in [3.63, 3.8) is 0 Å². The molecule has 0 saturated carbocycles. The summed E-state index contributed by atoms with van der Waals surface area (Å²) in [5, 5.41) is 0. The maximum Gasteiger partial charge on any atom is 0.139 e. The number of para-hydroxylation sites is 1. The molecule has 1 aliphatic heterocycles. The van der Waals surface area contributed by atoms with Crippen molar-refractivity contribution in [3.8, 4) is 5.75 Å². The van der Waals surface area contributed by atoms with E-state index in [-0.39, 0.29) is 6.10 Å². The van der Waals surface area contributed by atoms with Gasteiger partial charge in [0.15, 0.2) is 0 Å². The lowest BCUT2D eigenvalue weighted by molar-refractivity contribution is 0.280. The number of fused-ring (bicyclic) bond motifs is 3. The molecule has 0 spiro atoms. The Bertz CT molecular complexity index is 492. The summed E-state index contributed by atoms with van der Waals surface area (Å²) in [5.41, 5.74) is 3.69. The predicted octanol–water partition coefficient (Wildman–Crippen LogP) is 4.37. The Hall–Kier alpha value is -1.76. The van der Waals surface area contributed by atoms with E-state index in [2.05, 4.69) is 37.3 Å². The van der Waals surface area contributed by atoms with Crippen molar-refractivity contribution in [3.05, 3.63) is 59.7 Å². The van der Waals surface area contributed by atoms with Crippen LogP contribution in [0.25, 0.3) is 5.57 Å². The Morgan fingerprint density at radius 1 is 1.12 bits per heavy atom. The van der Waals surface area contributed by atoms with Gasteiger partial charge in [0.2, 0.25) is 0 Å². The second-order valence-corrected chi connectivity index (χ2v) is 3.93. The summed E-state index contributed by atoms with van der Waals surface area (Å²) in [6.45, 7) is 6.10. The lowest BCUT2D eigenvalue weighted by atomic mass is 9.99. The molecule has 2 bridgehead atoms. The molecule has 0 amide bonds. The number of rotatable bonds is 0. The van der Waals surface area contributed by atoms with Gasteiger partial charge in [-0.05, 0) is 30.2 Å². The number of hydrogen-bond acceptors (Lipinski definition) is 1. The minimum absolute atomic E-state index is 0.102. The standard InChI is InChI=1S/C14H12O.C2H6/c1-10-5-4-6-11-9-14(10)15-13-8-3-2-7-12(11)13;1-2/h2-9,14H,1H3;1-2H3. The quantitative estimate of drug-likeness (QED) is 0.638. The van der Waals surface area contributed by atoms with E-state index in [0.717, 1.165) is 5.75 Å². The van der Waals surface area contributed by atoms with Crippen LogP contribution in [0.1, 0.15) is 26.3 Å². The van der Waals surface area contributed by atoms with Gasteiger partial charge >= 0.3 is 0 Å². The van der Waals surface area contributed by atoms with Crippen LogP contribution >= 0.6 is 0 Å². The molecule has 88 valence electrons. The third-order valence-corrected chi connectivity index (χ3v) is 2.87. The summed E-state index contributed by atoms with van der Waals surface area (Å²) in [6.07, 6.45) is 8.62. The summed E-state index contributed by atoms with van der Waals surface area (Å²) in [5.74, 6) is 0.985. The molecule has 1 unspecified atom stereocenters. The van der Waals surface area contributed by atoms with Gasteiger partial charge in [0.1, 0.15) is 11.9 Å². The van der Waals surface area contributed by atoms with Gasteiger partial charge in [0.05, 0.1) is 0 Å². The molecule has 1 aromatic rings. The second kappa shape index (κ2) is 5.05. The smallest absolute Gasteiger partial charge is 0.139 e. The summed E-state index contributed by atoms with van der Waals surface area (Å²) in [7, 11) is 0. The van der Waals surface area contributed by atoms with E-state index >= 15 is 0 Å².